The minimum atomic E-state index is 0.470. The molecule has 0 N–H and O–H groups in total. The van der Waals surface area contributed by atoms with Gasteiger partial charge in [-0.05, 0) is 50.0 Å². The van der Waals surface area contributed by atoms with Crippen molar-refractivity contribution in [3.05, 3.63) is 29.6 Å². The summed E-state index contributed by atoms with van der Waals surface area (Å²) in [5.41, 5.74) is 3.61. The lowest BCUT2D eigenvalue weighted by molar-refractivity contribution is 0.528. The molecule has 2 nitrogen and oxygen atoms in total. The van der Waals surface area contributed by atoms with E-state index in [0.29, 0.717) is 11.9 Å². The summed E-state index contributed by atoms with van der Waals surface area (Å²) in [7, 11) is 0. The second kappa shape index (κ2) is 6.67. The van der Waals surface area contributed by atoms with E-state index in [1.807, 2.05) is 11.8 Å². The number of imidazole rings is 1. The molecule has 1 heterocycles. The van der Waals surface area contributed by atoms with Gasteiger partial charge in [-0.3, -0.25) is 0 Å². The standard InChI is InChI=1S/C15H21ClN2S/c1-11-4-5-13-14(10-11)18(12(2)7-9-19-3)15(17-13)6-8-16/h4-5,10,12H,6-9H2,1-3H3. The van der Waals surface area contributed by atoms with Gasteiger partial charge in [0, 0.05) is 18.3 Å². The second-order valence-corrected chi connectivity index (χ2v) is 6.32. The molecule has 0 aliphatic heterocycles. The van der Waals surface area contributed by atoms with Crippen molar-refractivity contribution in [2.45, 2.75) is 32.7 Å². The predicted octanol–water partition coefficient (Wildman–Crippen LogP) is 4.44. The van der Waals surface area contributed by atoms with Crippen LogP contribution in [0.3, 0.4) is 0 Å². The van der Waals surface area contributed by atoms with Crippen molar-refractivity contribution >= 4 is 34.4 Å². The summed E-state index contributed by atoms with van der Waals surface area (Å²) in [6.45, 7) is 4.40. The minimum Gasteiger partial charge on any atom is -0.325 e. The van der Waals surface area contributed by atoms with E-state index in [4.69, 9.17) is 16.6 Å². The zero-order valence-electron chi connectivity index (χ0n) is 11.8. The number of hydrogen-bond donors (Lipinski definition) is 0. The molecule has 2 aromatic rings. The molecule has 104 valence electrons. The van der Waals surface area contributed by atoms with Gasteiger partial charge in [0.05, 0.1) is 11.0 Å². The monoisotopic (exact) mass is 296 g/mol. The summed E-state index contributed by atoms with van der Waals surface area (Å²) in [6, 6.07) is 6.93. The first-order chi connectivity index (χ1) is 9.17. The van der Waals surface area contributed by atoms with Crippen LogP contribution >= 0.6 is 23.4 Å². The summed E-state index contributed by atoms with van der Waals surface area (Å²) in [5, 5.41) is 0. The van der Waals surface area contributed by atoms with Crippen LogP contribution in [0.25, 0.3) is 11.0 Å². The van der Waals surface area contributed by atoms with Crippen molar-refractivity contribution in [2.24, 2.45) is 0 Å². The molecule has 0 aliphatic rings. The molecule has 1 aromatic carbocycles. The number of nitrogens with zero attached hydrogens (tertiary/aromatic N) is 2. The van der Waals surface area contributed by atoms with Crippen LogP contribution in [-0.4, -0.2) is 27.4 Å². The molecule has 0 saturated heterocycles. The van der Waals surface area contributed by atoms with Gasteiger partial charge in [0.25, 0.3) is 0 Å². The number of fused-ring (bicyclic) bond motifs is 1. The fourth-order valence-electron chi connectivity index (χ4n) is 2.42. The number of thioether (sulfide) groups is 1. The van der Waals surface area contributed by atoms with Gasteiger partial charge in [-0.25, -0.2) is 4.98 Å². The largest absolute Gasteiger partial charge is 0.325 e. The Labute approximate surface area is 124 Å². The number of hydrogen-bond acceptors (Lipinski definition) is 2. The van der Waals surface area contributed by atoms with E-state index < -0.39 is 0 Å². The van der Waals surface area contributed by atoms with Crippen LogP contribution in [0.5, 0.6) is 0 Å². The average Bonchev–Trinajstić information content (AvgIpc) is 2.73. The highest BCUT2D eigenvalue weighted by Crippen LogP contribution is 2.25. The Bertz CT molecular complexity index is 550. The Balaban J connectivity index is 2.46. The number of alkyl halides is 1. The molecule has 4 heteroatoms. The Morgan fingerprint density at radius 2 is 2.21 bits per heavy atom. The van der Waals surface area contributed by atoms with E-state index in [2.05, 4.69) is 42.9 Å². The Kier molecular flexibility index (Phi) is 5.17. The van der Waals surface area contributed by atoms with Crippen molar-refractivity contribution in [3.63, 3.8) is 0 Å². The normalized spacial score (nSPS) is 13.1. The number of aryl methyl sites for hydroxylation is 2. The maximum Gasteiger partial charge on any atom is 0.111 e. The smallest absolute Gasteiger partial charge is 0.111 e. The number of rotatable bonds is 6. The summed E-state index contributed by atoms with van der Waals surface area (Å²) in [4.78, 5) is 4.74. The van der Waals surface area contributed by atoms with Crippen molar-refractivity contribution in [2.75, 3.05) is 17.9 Å². The van der Waals surface area contributed by atoms with Crippen LogP contribution in [0.2, 0.25) is 0 Å². The fraction of sp³-hybridized carbons (Fsp3) is 0.533. The van der Waals surface area contributed by atoms with Crippen LogP contribution < -0.4 is 0 Å². The lowest BCUT2D eigenvalue weighted by atomic mass is 10.2. The van der Waals surface area contributed by atoms with E-state index in [9.17, 15) is 0 Å². The molecule has 0 aliphatic carbocycles. The maximum atomic E-state index is 5.92. The third kappa shape index (κ3) is 3.26. The third-order valence-corrected chi connectivity index (χ3v) is 4.25. The van der Waals surface area contributed by atoms with Crippen LogP contribution in [-0.2, 0) is 6.42 Å². The summed E-state index contributed by atoms with van der Waals surface area (Å²) in [5.74, 6) is 2.91. The van der Waals surface area contributed by atoms with Crippen molar-refractivity contribution in [1.82, 2.24) is 9.55 Å². The van der Waals surface area contributed by atoms with E-state index in [1.54, 1.807) is 0 Å². The third-order valence-electron chi connectivity index (χ3n) is 3.42. The van der Waals surface area contributed by atoms with Crippen LogP contribution in [0, 0.1) is 6.92 Å². The lowest BCUT2D eigenvalue weighted by Crippen LogP contribution is -2.11. The van der Waals surface area contributed by atoms with Crippen molar-refractivity contribution in [3.8, 4) is 0 Å². The molecular formula is C15H21ClN2S. The van der Waals surface area contributed by atoms with Crippen molar-refractivity contribution in [1.29, 1.82) is 0 Å². The molecule has 0 saturated carbocycles. The van der Waals surface area contributed by atoms with Crippen LogP contribution in [0.1, 0.15) is 30.8 Å². The highest BCUT2D eigenvalue weighted by Gasteiger charge is 2.15. The molecule has 1 atom stereocenters. The molecule has 19 heavy (non-hydrogen) atoms. The van der Waals surface area contributed by atoms with Gasteiger partial charge in [0.1, 0.15) is 5.82 Å². The molecular weight excluding hydrogens is 276 g/mol. The Morgan fingerprint density at radius 1 is 1.42 bits per heavy atom. The zero-order chi connectivity index (χ0) is 13.8. The van der Waals surface area contributed by atoms with Gasteiger partial charge in [0.2, 0.25) is 0 Å². The lowest BCUT2D eigenvalue weighted by Gasteiger charge is -2.17. The summed E-state index contributed by atoms with van der Waals surface area (Å²) >= 11 is 7.81. The van der Waals surface area contributed by atoms with Gasteiger partial charge in [-0.1, -0.05) is 6.07 Å². The number of benzene rings is 1. The fourth-order valence-corrected chi connectivity index (χ4v) is 3.17. The number of halogens is 1. The first kappa shape index (κ1) is 14.7. The van der Waals surface area contributed by atoms with Gasteiger partial charge in [0.15, 0.2) is 0 Å². The Morgan fingerprint density at radius 3 is 2.89 bits per heavy atom. The second-order valence-electron chi connectivity index (χ2n) is 4.96. The van der Waals surface area contributed by atoms with Crippen LogP contribution in [0.15, 0.2) is 18.2 Å². The van der Waals surface area contributed by atoms with Gasteiger partial charge >= 0.3 is 0 Å². The molecule has 0 fully saturated rings. The van der Waals surface area contributed by atoms with E-state index in [1.165, 1.54) is 16.8 Å². The van der Waals surface area contributed by atoms with E-state index in [-0.39, 0.29) is 0 Å². The molecule has 0 radical (unpaired) electrons. The predicted molar refractivity (Wildman–Crippen MR) is 86.6 cm³/mol. The number of aromatic nitrogens is 2. The molecule has 0 spiro atoms. The zero-order valence-corrected chi connectivity index (χ0v) is 13.4. The van der Waals surface area contributed by atoms with E-state index >= 15 is 0 Å². The quantitative estimate of drug-likeness (QED) is 0.733. The van der Waals surface area contributed by atoms with Gasteiger partial charge in [-0.15, -0.1) is 11.6 Å². The average molecular weight is 297 g/mol. The van der Waals surface area contributed by atoms with E-state index in [0.717, 1.165) is 24.2 Å². The Hall–Kier alpha value is -0.670. The van der Waals surface area contributed by atoms with Crippen molar-refractivity contribution < 1.29 is 0 Å². The topological polar surface area (TPSA) is 17.8 Å². The van der Waals surface area contributed by atoms with Gasteiger partial charge in [-0.2, -0.15) is 11.8 Å². The summed E-state index contributed by atoms with van der Waals surface area (Å²) in [6.07, 6.45) is 4.15. The minimum absolute atomic E-state index is 0.470. The molecule has 0 bridgehead atoms. The van der Waals surface area contributed by atoms with Crippen LogP contribution in [0.4, 0.5) is 0 Å². The highest BCUT2D eigenvalue weighted by molar-refractivity contribution is 7.98. The molecule has 2 rings (SSSR count). The molecule has 1 aromatic heterocycles. The summed E-state index contributed by atoms with van der Waals surface area (Å²) < 4.78 is 2.38. The first-order valence-electron chi connectivity index (χ1n) is 6.69. The first-order valence-corrected chi connectivity index (χ1v) is 8.62. The molecule has 1 unspecified atom stereocenters. The van der Waals surface area contributed by atoms with Gasteiger partial charge < -0.3 is 4.57 Å². The SMILES string of the molecule is CSCCC(C)n1c(CCCl)nc2ccc(C)cc21. The molecule has 0 amide bonds. The highest BCUT2D eigenvalue weighted by atomic mass is 35.5. The maximum absolute atomic E-state index is 5.92.